The number of aromatic nitrogens is 2. The zero-order valence-corrected chi connectivity index (χ0v) is 9.99. The van der Waals surface area contributed by atoms with Crippen molar-refractivity contribution in [1.82, 2.24) is 15.3 Å². The number of fused-ring (bicyclic) bond motifs is 1. The van der Waals surface area contributed by atoms with Crippen molar-refractivity contribution in [3.63, 3.8) is 0 Å². The summed E-state index contributed by atoms with van der Waals surface area (Å²) in [7, 11) is 1.68. The standard InChI is InChI=1S/C13H17N3O/c1-17-9-5-6-10-12(8-9)16-13(15-10)11-4-2-3-7-14-11/h5-6,8,11,14H,2-4,7H2,1H3,(H,15,16)/t11-/m1/s1. The van der Waals surface area contributed by atoms with Gasteiger partial charge >= 0.3 is 0 Å². The lowest BCUT2D eigenvalue weighted by molar-refractivity contribution is 0.400. The quantitative estimate of drug-likeness (QED) is 0.834. The first-order valence-corrected chi connectivity index (χ1v) is 6.14. The average molecular weight is 231 g/mol. The van der Waals surface area contributed by atoms with Gasteiger partial charge in [0.05, 0.1) is 24.2 Å². The van der Waals surface area contributed by atoms with Crippen LogP contribution in [-0.4, -0.2) is 23.6 Å². The summed E-state index contributed by atoms with van der Waals surface area (Å²) < 4.78 is 5.21. The number of H-pyrrole nitrogens is 1. The number of nitrogens with zero attached hydrogens (tertiary/aromatic N) is 1. The van der Waals surface area contributed by atoms with Crippen LogP contribution >= 0.6 is 0 Å². The van der Waals surface area contributed by atoms with Crippen LogP contribution in [0.2, 0.25) is 0 Å². The molecule has 0 spiro atoms. The monoisotopic (exact) mass is 231 g/mol. The fourth-order valence-corrected chi connectivity index (χ4v) is 2.39. The number of benzene rings is 1. The number of hydrogen-bond donors (Lipinski definition) is 2. The lowest BCUT2D eigenvalue weighted by Crippen LogP contribution is -2.27. The second-order valence-electron chi connectivity index (χ2n) is 4.51. The summed E-state index contributed by atoms with van der Waals surface area (Å²) in [6, 6.07) is 6.31. The zero-order valence-electron chi connectivity index (χ0n) is 9.99. The van der Waals surface area contributed by atoms with Gasteiger partial charge in [-0.1, -0.05) is 6.42 Å². The predicted molar refractivity (Wildman–Crippen MR) is 67.2 cm³/mol. The molecule has 0 saturated carbocycles. The van der Waals surface area contributed by atoms with Gasteiger partial charge in [0.2, 0.25) is 0 Å². The maximum absolute atomic E-state index is 5.21. The molecule has 1 atom stereocenters. The molecule has 0 bridgehead atoms. The molecule has 17 heavy (non-hydrogen) atoms. The van der Waals surface area contributed by atoms with Gasteiger partial charge in [0, 0.05) is 6.07 Å². The van der Waals surface area contributed by atoms with Gasteiger partial charge in [-0.15, -0.1) is 0 Å². The fraction of sp³-hybridized carbons (Fsp3) is 0.462. The van der Waals surface area contributed by atoms with Crippen LogP contribution in [-0.2, 0) is 0 Å². The number of nitrogens with one attached hydrogen (secondary N) is 2. The van der Waals surface area contributed by atoms with E-state index >= 15 is 0 Å². The van der Waals surface area contributed by atoms with Crippen molar-refractivity contribution in [3.8, 4) is 5.75 Å². The summed E-state index contributed by atoms with van der Waals surface area (Å²) in [5.74, 6) is 1.91. The molecule has 1 aliphatic heterocycles. The van der Waals surface area contributed by atoms with Gasteiger partial charge in [-0.05, 0) is 31.5 Å². The predicted octanol–water partition coefficient (Wildman–Crippen LogP) is 2.39. The molecule has 2 aromatic rings. The molecule has 4 heteroatoms. The van der Waals surface area contributed by atoms with Gasteiger partial charge in [-0.25, -0.2) is 4.98 Å². The van der Waals surface area contributed by atoms with Crippen molar-refractivity contribution in [2.75, 3.05) is 13.7 Å². The Morgan fingerprint density at radius 3 is 3.06 bits per heavy atom. The smallest absolute Gasteiger partial charge is 0.124 e. The van der Waals surface area contributed by atoms with E-state index in [1.165, 1.54) is 12.8 Å². The average Bonchev–Trinajstić information content (AvgIpc) is 2.82. The second-order valence-corrected chi connectivity index (χ2v) is 4.51. The maximum Gasteiger partial charge on any atom is 0.124 e. The summed E-state index contributed by atoms with van der Waals surface area (Å²) in [5.41, 5.74) is 2.06. The van der Waals surface area contributed by atoms with E-state index in [1.807, 2.05) is 18.2 Å². The number of aromatic amines is 1. The minimum Gasteiger partial charge on any atom is -0.497 e. The molecule has 2 N–H and O–H groups in total. The van der Waals surface area contributed by atoms with Crippen LogP contribution in [0.3, 0.4) is 0 Å². The summed E-state index contributed by atoms with van der Waals surface area (Å²) in [4.78, 5) is 8.02. The Hall–Kier alpha value is -1.55. The molecule has 0 unspecified atom stereocenters. The number of imidazole rings is 1. The largest absolute Gasteiger partial charge is 0.497 e. The van der Waals surface area contributed by atoms with Crippen LogP contribution < -0.4 is 10.1 Å². The van der Waals surface area contributed by atoms with Crippen molar-refractivity contribution >= 4 is 11.0 Å². The SMILES string of the molecule is COc1ccc2nc([C@H]3CCCCN3)[nH]c2c1. The Kier molecular flexibility index (Phi) is 2.73. The number of ether oxygens (including phenoxy) is 1. The Morgan fingerprint density at radius 2 is 2.29 bits per heavy atom. The van der Waals surface area contributed by atoms with Crippen molar-refractivity contribution in [2.45, 2.75) is 25.3 Å². The lowest BCUT2D eigenvalue weighted by Gasteiger charge is -2.21. The van der Waals surface area contributed by atoms with Crippen LogP contribution in [0.1, 0.15) is 31.1 Å². The fourth-order valence-electron chi connectivity index (χ4n) is 2.39. The number of rotatable bonds is 2. The molecule has 0 aliphatic carbocycles. The van der Waals surface area contributed by atoms with E-state index < -0.39 is 0 Å². The first-order valence-electron chi connectivity index (χ1n) is 6.14. The first kappa shape index (κ1) is 10.6. The third-order valence-corrected chi connectivity index (χ3v) is 3.35. The van der Waals surface area contributed by atoms with E-state index in [9.17, 15) is 0 Å². The highest BCUT2D eigenvalue weighted by atomic mass is 16.5. The molecule has 0 amide bonds. The van der Waals surface area contributed by atoms with E-state index in [1.54, 1.807) is 7.11 Å². The summed E-state index contributed by atoms with van der Waals surface area (Å²) in [5, 5.41) is 3.50. The van der Waals surface area contributed by atoms with E-state index in [-0.39, 0.29) is 0 Å². The molecule has 1 aliphatic rings. The Balaban J connectivity index is 1.95. The van der Waals surface area contributed by atoms with Crippen molar-refractivity contribution < 1.29 is 4.74 Å². The van der Waals surface area contributed by atoms with Gasteiger partial charge in [-0.2, -0.15) is 0 Å². The lowest BCUT2D eigenvalue weighted by atomic mass is 10.0. The van der Waals surface area contributed by atoms with Crippen molar-refractivity contribution in [1.29, 1.82) is 0 Å². The Labute approximate surface area is 100 Å². The van der Waals surface area contributed by atoms with Crippen molar-refractivity contribution in [2.24, 2.45) is 0 Å². The number of methoxy groups -OCH3 is 1. The molecule has 0 radical (unpaired) electrons. The summed E-state index contributed by atoms with van der Waals surface area (Å²) >= 11 is 0. The molecular weight excluding hydrogens is 214 g/mol. The van der Waals surface area contributed by atoms with Gasteiger partial charge in [0.15, 0.2) is 0 Å². The van der Waals surface area contributed by atoms with Crippen LogP contribution in [0.5, 0.6) is 5.75 Å². The molecule has 1 aromatic heterocycles. The van der Waals surface area contributed by atoms with Gasteiger partial charge in [0.1, 0.15) is 11.6 Å². The second kappa shape index (κ2) is 4.37. The molecule has 4 nitrogen and oxygen atoms in total. The molecule has 1 fully saturated rings. The van der Waals surface area contributed by atoms with E-state index in [2.05, 4.69) is 15.3 Å². The maximum atomic E-state index is 5.21. The topological polar surface area (TPSA) is 49.9 Å². The highest BCUT2D eigenvalue weighted by molar-refractivity contribution is 5.76. The van der Waals surface area contributed by atoms with E-state index in [0.717, 1.165) is 35.6 Å². The number of hydrogen-bond acceptors (Lipinski definition) is 3. The highest BCUT2D eigenvalue weighted by Crippen LogP contribution is 2.24. The van der Waals surface area contributed by atoms with Crippen LogP contribution in [0.25, 0.3) is 11.0 Å². The van der Waals surface area contributed by atoms with Crippen molar-refractivity contribution in [3.05, 3.63) is 24.0 Å². The van der Waals surface area contributed by atoms with E-state index in [0.29, 0.717) is 6.04 Å². The molecule has 2 heterocycles. The zero-order chi connectivity index (χ0) is 11.7. The van der Waals surface area contributed by atoms with Crippen LogP contribution in [0.4, 0.5) is 0 Å². The number of piperidine rings is 1. The van der Waals surface area contributed by atoms with Gasteiger partial charge in [-0.3, -0.25) is 0 Å². The van der Waals surface area contributed by atoms with Gasteiger partial charge < -0.3 is 15.0 Å². The summed E-state index contributed by atoms with van der Waals surface area (Å²) in [6.45, 7) is 1.09. The normalized spacial score (nSPS) is 20.6. The van der Waals surface area contributed by atoms with Crippen LogP contribution in [0.15, 0.2) is 18.2 Å². The molecular formula is C13H17N3O. The first-order chi connectivity index (χ1) is 8.36. The minimum absolute atomic E-state index is 0.377. The van der Waals surface area contributed by atoms with Crippen LogP contribution in [0, 0.1) is 0 Å². The molecule has 3 rings (SSSR count). The highest BCUT2D eigenvalue weighted by Gasteiger charge is 2.18. The Morgan fingerprint density at radius 1 is 1.35 bits per heavy atom. The summed E-state index contributed by atoms with van der Waals surface area (Å²) in [6.07, 6.45) is 3.71. The molecule has 90 valence electrons. The third-order valence-electron chi connectivity index (χ3n) is 3.35. The Bertz CT molecular complexity index is 514. The van der Waals surface area contributed by atoms with Gasteiger partial charge in [0.25, 0.3) is 0 Å². The minimum atomic E-state index is 0.377. The third kappa shape index (κ3) is 2.00. The molecule has 1 aromatic carbocycles. The molecule has 1 saturated heterocycles. The van der Waals surface area contributed by atoms with E-state index in [4.69, 9.17) is 4.74 Å².